The summed E-state index contributed by atoms with van der Waals surface area (Å²) in [5, 5.41) is 0. The minimum atomic E-state index is -4.64. The lowest BCUT2D eigenvalue weighted by Crippen LogP contribution is -2.37. The Morgan fingerprint density at radius 3 is 1.01 bits per heavy atom. The molecule has 0 radical (unpaired) electrons. The number of hydrogen-bond acceptors (Lipinski definition) is 8. The summed E-state index contributed by atoms with van der Waals surface area (Å²) in [6.45, 7) is 4.16. The van der Waals surface area contributed by atoms with Crippen LogP contribution in [0.15, 0.2) is 85.1 Å². The number of carbonyl (C=O) groups is 2. The van der Waals surface area contributed by atoms with E-state index in [-0.39, 0.29) is 32.0 Å². The lowest BCUT2D eigenvalue weighted by molar-refractivity contribution is -0.870. The summed E-state index contributed by atoms with van der Waals surface area (Å²) >= 11 is 0. The molecule has 0 bridgehead atoms. The first-order valence-electron chi connectivity index (χ1n) is 35.3. The average molecular weight is 1200 g/mol. The second kappa shape index (κ2) is 64.7. The Morgan fingerprint density at radius 1 is 0.381 bits per heavy atom. The minimum Gasteiger partial charge on any atom is -0.756 e. The molecule has 0 heterocycles. The van der Waals surface area contributed by atoms with E-state index in [2.05, 4.69) is 98.9 Å². The van der Waals surface area contributed by atoms with Crippen LogP contribution < -0.4 is 4.89 Å². The molecule has 0 aromatic heterocycles. The lowest BCUT2D eigenvalue weighted by atomic mass is 10.0. The fraction of sp³-hybridized carbons (Fsp3) is 0.784. The van der Waals surface area contributed by atoms with E-state index >= 15 is 0 Å². The normalized spacial score (nSPS) is 13.6. The van der Waals surface area contributed by atoms with Crippen LogP contribution in [0, 0.1) is 0 Å². The largest absolute Gasteiger partial charge is 0.756 e. The highest BCUT2D eigenvalue weighted by molar-refractivity contribution is 7.45. The zero-order valence-electron chi connectivity index (χ0n) is 55.6. The van der Waals surface area contributed by atoms with E-state index < -0.39 is 26.5 Å². The molecule has 0 saturated heterocycles. The molecule has 0 aromatic carbocycles. The Hall–Kier alpha value is -2.81. The fourth-order valence-corrected chi connectivity index (χ4v) is 10.7. The van der Waals surface area contributed by atoms with Crippen molar-refractivity contribution in [2.45, 2.75) is 328 Å². The molecule has 0 aromatic rings. The number of likely N-dealkylation sites (N-methyl/N-ethyl adjacent to an activating group) is 1. The molecule has 9 nitrogen and oxygen atoms in total. The number of nitrogens with zero attached hydrogens (tertiary/aromatic N) is 1. The number of carbonyl (C=O) groups excluding carboxylic acids is 2. The van der Waals surface area contributed by atoms with Crippen LogP contribution in [0.3, 0.4) is 0 Å². The summed E-state index contributed by atoms with van der Waals surface area (Å²) < 4.78 is 34.3. The number of phosphoric ester groups is 1. The van der Waals surface area contributed by atoms with Gasteiger partial charge in [-0.2, -0.15) is 0 Å². The van der Waals surface area contributed by atoms with Crippen molar-refractivity contribution in [1.82, 2.24) is 0 Å². The highest BCUT2D eigenvalue weighted by atomic mass is 31.2. The van der Waals surface area contributed by atoms with Gasteiger partial charge >= 0.3 is 11.9 Å². The van der Waals surface area contributed by atoms with Gasteiger partial charge in [-0.05, 0) is 89.9 Å². The highest BCUT2D eigenvalue weighted by Gasteiger charge is 2.22. The van der Waals surface area contributed by atoms with E-state index in [4.69, 9.17) is 18.5 Å². The predicted octanol–water partition coefficient (Wildman–Crippen LogP) is 22.3. The van der Waals surface area contributed by atoms with Crippen LogP contribution >= 0.6 is 7.82 Å². The molecule has 488 valence electrons. The molecule has 0 aliphatic rings. The number of esters is 2. The van der Waals surface area contributed by atoms with Crippen LogP contribution in [0.25, 0.3) is 0 Å². The van der Waals surface area contributed by atoms with E-state index in [1.54, 1.807) is 0 Å². The number of allylic oxidation sites excluding steroid dienone is 14. The standard InChI is InChI=1S/C74H134NO8P/c1-6-8-10-12-14-16-18-20-22-24-26-28-30-32-34-36-37-39-40-42-44-46-48-50-52-54-56-58-60-62-64-66-73(76)80-70-72(71-82-84(78,79)81-69-68-75(3,4)5)83-74(77)67-65-63-61-59-57-55-53-51-49-47-45-43-41-38-35-33-31-29-27-25-23-21-19-17-15-13-11-9-7-2/h9,11,15,17-18,20-21,23-24,26-27,29-30,32,72H,6-8,10,12-14,16,19,22,25,28,31,33-71H2,1-5H3/b11-9-,17-15-,20-18-,23-21-,26-24-,29-27-,32-30-. The summed E-state index contributed by atoms with van der Waals surface area (Å²) in [6, 6.07) is 0. The quantitative estimate of drug-likeness (QED) is 0.0195. The second-order valence-corrected chi connectivity index (χ2v) is 26.3. The van der Waals surface area contributed by atoms with Gasteiger partial charge in [0.05, 0.1) is 27.7 Å². The van der Waals surface area contributed by atoms with Gasteiger partial charge in [-0.25, -0.2) is 0 Å². The summed E-state index contributed by atoms with van der Waals surface area (Å²) in [4.78, 5) is 38.1. The van der Waals surface area contributed by atoms with E-state index in [1.807, 2.05) is 21.1 Å². The molecule has 0 saturated carbocycles. The van der Waals surface area contributed by atoms with Crippen molar-refractivity contribution in [3.63, 3.8) is 0 Å². The van der Waals surface area contributed by atoms with Crippen LogP contribution in [0.1, 0.15) is 322 Å². The molecule has 10 heteroatoms. The van der Waals surface area contributed by atoms with Crippen molar-refractivity contribution < 1.29 is 42.1 Å². The molecule has 84 heavy (non-hydrogen) atoms. The first kappa shape index (κ1) is 81.2. The van der Waals surface area contributed by atoms with Gasteiger partial charge in [0.15, 0.2) is 6.10 Å². The summed E-state index contributed by atoms with van der Waals surface area (Å²) in [6.07, 6.45) is 88.0. The van der Waals surface area contributed by atoms with Crippen molar-refractivity contribution in [3.8, 4) is 0 Å². The zero-order chi connectivity index (χ0) is 61.2. The molecule has 0 fully saturated rings. The smallest absolute Gasteiger partial charge is 0.306 e. The second-order valence-electron chi connectivity index (χ2n) is 24.9. The molecule has 2 atom stereocenters. The molecule has 0 aliphatic carbocycles. The van der Waals surface area contributed by atoms with Gasteiger partial charge in [-0.3, -0.25) is 14.2 Å². The van der Waals surface area contributed by atoms with Crippen molar-refractivity contribution in [2.24, 2.45) is 0 Å². The number of hydrogen-bond donors (Lipinski definition) is 0. The molecule has 0 amide bonds. The number of unbranched alkanes of at least 4 members (excludes halogenated alkanes) is 37. The molecule has 0 N–H and O–H groups in total. The average Bonchev–Trinajstić information content (AvgIpc) is 3.61. The Balaban J connectivity index is 4.02. The molecular formula is C74H134NO8P. The van der Waals surface area contributed by atoms with E-state index in [1.165, 1.54) is 212 Å². The maximum Gasteiger partial charge on any atom is 0.306 e. The van der Waals surface area contributed by atoms with E-state index in [0.717, 1.165) is 77.0 Å². The van der Waals surface area contributed by atoms with Gasteiger partial charge in [-0.1, -0.05) is 304 Å². The topological polar surface area (TPSA) is 111 Å². The number of quaternary nitrogens is 1. The van der Waals surface area contributed by atoms with Gasteiger partial charge < -0.3 is 27.9 Å². The minimum absolute atomic E-state index is 0.0318. The van der Waals surface area contributed by atoms with Crippen molar-refractivity contribution in [3.05, 3.63) is 85.1 Å². The molecule has 0 aliphatic heterocycles. The lowest BCUT2D eigenvalue weighted by Gasteiger charge is -2.28. The van der Waals surface area contributed by atoms with Crippen LogP contribution in [0.4, 0.5) is 0 Å². The third-order valence-electron chi connectivity index (χ3n) is 15.4. The van der Waals surface area contributed by atoms with Gasteiger partial charge in [-0.15, -0.1) is 0 Å². The third kappa shape index (κ3) is 68.3. The third-order valence-corrected chi connectivity index (χ3v) is 16.4. The SMILES string of the molecule is CC/C=C\C/C=C\C/C=C\C/C=C\CCCCCCCCCCCCCCCCCCC(=O)OC(COC(=O)CCCCCCCCCCCCCCCCCC/C=C\C/C=C\C/C=C\CCCCCCC)COP(=O)([O-])OCC[N+](C)(C)C. The van der Waals surface area contributed by atoms with Crippen molar-refractivity contribution >= 4 is 19.8 Å². The summed E-state index contributed by atoms with van der Waals surface area (Å²) in [5.74, 6) is -0.822. The highest BCUT2D eigenvalue weighted by Crippen LogP contribution is 2.38. The Bertz CT molecular complexity index is 1690. The van der Waals surface area contributed by atoms with E-state index in [0.29, 0.717) is 17.4 Å². The van der Waals surface area contributed by atoms with Crippen LogP contribution in [0.5, 0.6) is 0 Å². The van der Waals surface area contributed by atoms with Crippen LogP contribution in [0.2, 0.25) is 0 Å². The van der Waals surface area contributed by atoms with Crippen LogP contribution in [-0.2, 0) is 32.7 Å². The van der Waals surface area contributed by atoms with Gasteiger partial charge in [0.2, 0.25) is 0 Å². The fourth-order valence-electron chi connectivity index (χ4n) is 10.0. The van der Waals surface area contributed by atoms with Gasteiger partial charge in [0.25, 0.3) is 7.82 Å². The Kier molecular flexibility index (Phi) is 62.5. The number of phosphoric acid groups is 1. The van der Waals surface area contributed by atoms with Gasteiger partial charge in [0.1, 0.15) is 19.8 Å². The molecule has 0 spiro atoms. The zero-order valence-corrected chi connectivity index (χ0v) is 56.5. The Morgan fingerprint density at radius 2 is 0.679 bits per heavy atom. The van der Waals surface area contributed by atoms with Crippen molar-refractivity contribution in [2.75, 3.05) is 47.5 Å². The first-order valence-corrected chi connectivity index (χ1v) is 36.8. The monoisotopic (exact) mass is 1200 g/mol. The maximum atomic E-state index is 12.9. The maximum absolute atomic E-state index is 12.9. The first-order chi connectivity index (χ1) is 41.0. The Labute approximate surface area is 520 Å². The number of ether oxygens (including phenoxy) is 2. The number of rotatable bonds is 65. The van der Waals surface area contributed by atoms with Gasteiger partial charge in [0, 0.05) is 12.8 Å². The van der Waals surface area contributed by atoms with E-state index in [9.17, 15) is 19.0 Å². The summed E-state index contributed by atoms with van der Waals surface area (Å²) in [5.41, 5.74) is 0. The predicted molar refractivity (Wildman–Crippen MR) is 360 cm³/mol. The molecular weight excluding hydrogens is 1060 g/mol. The molecule has 2 unspecified atom stereocenters. The molecule has 0 rings (SSSR count). The summed E-state index contributed by atoms with van der Waals surface area (Å²) in [7, 11) is 1.17. The van der Waals surface area contributed by atoms with Crippen LogP contribution in [-0.4, -0.2) is 70.0 Å². The van der Waals surface area contributed by atoms with Crippen molar-refractivity contribution in [1.29, 1.82) is 0 Å².